The molecule has 6 heteroatoms. The van der Waals surface area contributed by atoms with E-state index in [1.165, 1.54) is 0 Å². The van der Waals surface area contributed by atoms with Crippen molar-refractivity contribution < 1.29 is 14.3 Å². The first kappa shape index (κ1) is 19.3. The van der Waals surface area contributed by atoms with E-state index in [0.29, 0.717) is 18.1 Å². The number of thioether (sulfide) groups is 1. The molecular weight excluding hydrogens is 360 g/mol. The van der Waals surface area contributed by atoms with E-state index in [2.05, 4.69) is 11.9 Å². The van der Waals surface area contributed by atoms with Gasteiger partial charge in [-0.3, -0.25) is 9.69 Å². The highest BCUT2D eigenvalue weighted by Crippen LogP contribution is 2.30. The second-order valence-corrected chi connectivity index (χ2v) is 7.02. The molecule has 0 aromatic heterocycles. The number of ether oxygens (including phenoxy) is 2. The number of carbonyl (C=O) groups is 1. The Morgan fingerprint density at radius 1 is 1.07 bits per heavy atom. The Labute approximate surface area is 164 Å². The third-order valence-electron chi connectivity index (χ3n) is 4.20. The van der Waals surface area contributed by atoms with E-state index in [-0.39, 0.29) is 18.6 Å². The van der Waals surface area contributed by atoms with Crippen molar-refractivity contribution in [2.75, 3.05) is 19.0 Å². The summed E-state index contributed by atoms with van der Waals surface area (Å²) in [5.41, 5.74) is 0.845. The number of amides is 1. The third kappa shape index (κ3) is 4.83. The summed E-state index contributed by atoms with van der Waals surface area (Å²) in [5.74, 6) is 1.99. The second kappa shape index (κ2) is 9.46. The summed E-state index contributed by atoms with van der Waals surface area (Å²) in [4.78, 5) is 19.4. The average molecular weight is 385 g/mol. The fourth-order valence-electron chi connectivity index (χ4n) is 2.83. The van der Waals surface area contributed by atoms with Gasteiger partial charge in [0.15, 0.2) is 23.3 Å². The highest BCUT2D eigenvalue weighted by molar-refractivity contribution is 8.14. The number of para-hydroxylation sites is 3. The molecule has 0 spiro atoms. The molecular formula is C21H24N2O3S. The molecule has 1 aliphatic heterocycles. The quantitative estimate of drug-likeness (QED) is 0.705. The van der Waals surface area contributed by atoms with Gasteiger partial charge < -0.3 is 9.47 Å². The highest BCUT2D eigenvalue weighted by atomic mass is 32.2. The van der Waals surface area contributed by atoms with Crippen LogP contribution in [0, 0.1) is 0 Å². The normalized spacial score (nSPS) is 17.9. The Hall–Kier alpha value is -2.47. The van der Waals surface area contributed by atoms with Gasteiger partial charge in [0.05, 0.1) is 12.3 Å². The number of rotatable bonds is 7. The lowest BCUT2D eigenvalue weighted by molar-refractivity contribution is -0.130. The van der Waals surface area contributed by atoms with Crippen molar-refractivity contribution in [3.8, 4) is 11.5 Å². The number of aliphatic imine (C=N–C) groups is 1. The Kier molecular flexibility index (Phi) is 6.76. The molecule has 0 radical (unpaired) electrons. The van der Waals surface area contributed by atoms with Crippen molar-refractivity contribution in [3.63, 3.8) is 0 Å². The van der Waals surface area contributed by atoms with E-state index < -0.39 is 0 Å². The zero-order valence-electron chi connectivity index (χ0n) is 15.6. The second-order valence-electron chi connectivity index (χ2n) is 6.04. The van der Waals surface area contributed by atoms with E-state index in [9.17, 15) is 4.79 Å². The lowest BCUT2D eigenvalue weighted by Crippen LogP contribution is -2.41. The molecule has 142 valence electrons. The minimum absolute atomic E-state index is 0.0467. The molecule has 1 heterocycles. The number of nitrogens with zero attached hydrogens (tertiary/aromatic N) is 2. The zero-order valence-corrected chi connectivity index (χ0v) is 16.4. The van der Waals surface area contributed by atoms with Gasteiger partial charge in [0.25, 0.3) is 5.91 Å². The van der Waals surface area contributed by atoms with Gasteiger partial charge >= 0.3 is 0 Å². The summed E-state index contributed by atoms with van der Waals surface area (Å²) < 4.78 is 11.3. The Balaban J connectivity index is 1.74. The van der Waals surface area contributed by atoms with Crippen LogP contribution in [0.5, 0.6) is 11.5 Å². The van der Waals surface area contributed by atoms with Crippen LogP contribution in [0.1, 0.15) is 20.3 Å². The van der Waals surface area contributed by atoms with Gasteiger partial charge in [0.1, 0.15) is 0 Å². The maximum atomic E-state index is 12.9. The molecule has 0 N–H and O–H groups in total. The Bertz CT molecular complexity index is 795. The number of carbonyl (C=O) groups excluding carboxylic acids is 1. The monoisotopic (exact) mass is 384 g/mol. The topological polar surface area (TPSA) is 51.1 Å². The van der Waals surface area contributed by atoms with E-state index in [0.717, 1.165) is 23.0 Å². The fourth-order valence-corrected chi connectivity index (χ4v) is 4.12. The summed E-state index contributed by atoms with van der Waals surface area (Å²) in [7, 11) is 0. The molecule has 1 amide bonds. The molecule has 1 aliphatic rings. The van der Waals surface area contributed by atoms with Crippen molar-refractivity contribution in [2.45, 2.75) is 26.3 Å². The molecule has 1 fully saturated rings. The van der Waals surface area contributed by atoms with Crippen LogP contribution >= 0.6 is 11.8 Å². The molecule has 0 aliphatic carbocycles. The summed E-state index contributed by atoms with van der Waals surface area (Å²) in [5, 5.41) is 0.736. The molecule has 27 heavy (non-hydrogen) atoms. The molecule has 3 rings (SSSR count). The van der Waals surface area contributed by atoms with Crippen LogP contribution in [0.2, 0.25) is 0 Å². The van der Waals surface area contributed by atoms with Gasteiger partial charge in [-0.25, -0.2) is 4.99 Å². The summed E-state index contributed by atoms with van der Waals surface area (Å²) in [6, 6.07) is 17.2. The van der Waals surface area contributed by atoms with Crippen LogP contribution in [0.25, 0.3) is 0 Å². The number of hydrogen-bond acceptors (Lipinski definition) is 5. The molecule has 2 aromatic carbocycles. The van der Waals surface area contributed by atoms with Crippen LogP contribution in [-0.2, 0) is 4.79 Å². The lowest BCUT2D eigenvalue weighted by Gasteiger charge is -2.23. The summed E-state index contributed by atoms with van der Waals surface area (Å²) in [6.07, 6.45) is 0.877. The van der Waals surface area contributed by atoms with Gasteiger partial charge in [0.2, 0.25) is 0 Å². The van der Waals surface area contributed by atoms with Crippen molar-refractivity contribution >= 4 is 28.5 Å². The fraction of sp³-hybridized carbons (Fsp3) is 0.333. The van der Waals surface area contributed by atoms with Gasteiger partial charge in [-0.2, -0.15) is 0 Å². The average Bonchev–Trinajstić information content (AvgIpc) is 3.11. The number of hydrogen-bond donors (Lipinski definition) is 0. The first-order chi connectivity index (χ1) is 13.2. The maximum Gasteiger partial charge on any atom is 0.266 e. The van der Waals surface area contributed by atoms with Crippen molar-refractivity contribution in [1.82, 2.24) is 4.90 Å². The SMILES string of the molecule is CCOc1ccccc1OCC(=O)N1C(=Nc2ccccc2)SC[C@H]1CC. The molecule has 0 saturated carbocycles. The summed E-state index contributed by atoms with van der Waals surface area (Å²) >= 11 is 1.61. The lowest BCUT2D eigenvalue weighted by atomic mass is 10.2. The Morgan fingerprint density at radius 3 is 2.41 bits per heavy atom. The minimum Gasteiger partial charge on any atom is -0.490 e. The molecule has 1 saturated heterocycles. The number of benzene rings is 2. The van der Waals surface area contributed by atoms with Gasteiger partial charge in [-0.1, -0.05) is 49.0 Å². The molecule has 0 unspecified atom stereocenters. The maximum absolute atomic E-state index is 12.9. The smallest absolute Gasteiger partial charge is 0.266 e. The third-order valence-corrected chi connectivity index (χ3v) is 5.29. The molecule has 1 atom stereocenters. The van der Waals surface area contributed by atoms with Crippen LogP contribution < -0.4 is 9.47 Å². The first-order valence-corrected chi connectivity index (χ1v) is 10.1. The van der Waals surface area contributed by atoms with E-state index in [4.69, 9.17) is 9.47 Å². The molecule has 2 aromatic rings. The van der Waals surface area contributed by atoms with Crippen LogP contribution in [-0.4, -0.2) is 41.0 Å². The largest absolute Gasteiger partial charge is 0.490 e. The van der Waals surface area contributed by atoms with Crippen molar-refractivity contribution in [1.29, 1.82) is 0 Å². The van der Waals surface area contributed by atoms with Gasteiger partial charge in [-0.15, -0.1) is 0 Å². The number of amidine groups is 1. The zero-order chi connectivity index (χ0) is 19.1. The minimum atomic E-state index is -0.0900. The highest BCUT2D eigenvalue weighted by Gasteiger charge is 2.34. The van der Waals surface area contributed by atoms with Crippen LogP contribution in [0.4, 0.5) is 5.69 Å². The van der Waals surface area contributed by atoms with Gasteiger partial charge in [0, 0.05) is 11.8 Å². The first-order valence-electron chi connectivity index (χ1n) is 9.16. The van der Waals surface area contributed by atoms with Crippen molar-refractivity contribution in [3.05, 3.63) is 54.6 Å². The standard InChI is InChI=1S/C21H24N2O3S/c1-3-17-15-27-21(22-16-10-6-5-7-11-16)23(17)20(24)14-26-19-13-9-8-12-18(19)25-4-2/h5-13,17H,3-4,14-15H2,1-2H3/t17-/m1/s1. The predicted molar refractivity (Wildman–Crippen MR) is 110 cm³/mol. The molecule has 5 nitrogen and oxygen atoms in total. The summed E-state index contributed by atoms with van der Waals surface area (Å²) in [6.45, 7) is 4.50. The predicted octanol–water partition coefficient (Wildman–Crippen LogP) is 4.51. The van der Waals surface area contributed by atoms with Gasteiger partial charge in [-0.05, 0) is 37.6 Å². The molecule has 0 bridgehead atoms. The van der Waals surface area contributed by atoms with Crippen LogP contribution in [0.15, 0.2) is 59.6 Å². The Morgan fingerprint density at radius 2 is 1.74 bits per heavy atom. The van der Waals surface area contributed by atoms with E-state index in [1.54, 1.807) is 16.7 Å². The van der Waals surface area contributed by atoms with Crippen LogP contribution in [0.3, 0.4) is 0 Å². The van der Waals surface area contributed by atoms with Crippen molar-refractivity contribution in [2.24, 2.45) is 4.99 Å². The van der Waals surface area contributed by atoms with E-state index in [1.807, 2.05) is 61.5 Å². The van der Waals surface area contributed by atoms with E-state index >= 15 is 0 Å².